The van der Waals surface area contributed by atoms with E-state index in [4.69, 9.17) is 5.73 Å². The molecule has 5 unspecified atom stereocenters. The van der Waals surface area contributed by atoms with E-state index in [-0.39, 0.29) is 36.2 Å². The number of nitrogens with two attached hydrogens (primary N) is 1. The summed E-state index contributed by atoms with van der Waals surface area (Å²) in [7, 11) is 0. The van der Waals surface area contributed by atoms with Crippen molar-refractivity contribution < 1.29 is 29.4 Å². The lowest BCUT2D eigenvalue weighted by Gasteiger charge is -2.27. The number of hydrogen-bond donors (Lipinski definition) is 7. The largest absolute Gasteiger partial charge is 0.508 e. The lowest BCUT2D eigenvalue weighted by molar-refractivity contribution is -0.142. The van der Waals surface area contributed by atoms with Crippen LogP contribution in [0.5, 0.6) is 5.75 Å². The zero-order valence-corrected chi connectivity index (χ0v) is 21.5. The molecule has 0 aromatic heterocycles. The molecule has 0 heterocycles. The molecular weight excluding hydrogens is 472 g/mol. The molecule has 3 amide bonds. The van der Waals surface area contributed by atoms with Gasteiger partial charge in [-0.05, 0) is 42.4 Å². The van der Waals surface area contributed by atoms with Gasteiger partial charge in [0, 0.05) is 5.75 Å². The van der Waals surface area contributed by atoms with Crippen molar-refractivity contribution in [3.05, 3.63) is 29.8 Å². The van der Waals surface area contributed by atoms with E-state index in [1.54, 1.807) is 19.1 Å². The summed E-state index contributed by atoms with van der Waals surface area (Å²) in [6, 6.07) is 2.22. The van der Waals surface area contributed by atoms with E-state index >= 15 is 0 Å². The van der Waals surface area contributed by atoms with Gasteiger partial charge in [0.15, 0.2) is 0 Å². The number of amides is 3. The average Bonchev–Trinajstić information content (AvgIpc) is 2.80. The number of carboxylic acid groups (broad SMARTS) is 1. The van der Waals surface area contributed by atoms with Gasteiger partial charge in [-0.1, -0.05) is 46.2 Å². The Labute approximate surface area is 211 Å². The van der Waals surface area contributed by atoms with Crippen LogP contribution in [-0.4, -0.2) is 63.8 Å². The highest BCUT2D eigenvalue weighted by Crippen LogP contribution is 2.13. The molecule has 7 N–H and O–H groups in total. The second kappa shape index (κ2) is 14.6. The molecule has 1 aromatic carbocycles. The molecule has 0 saturated carbocycles. The number of carbonyl (C=O) groups excluding carboxylic acids is 3. The number of benzene rings is 1. The number of aromatic hydroxyl groups is 1. The molecule has 0 radical (unpaired) electrons. The third-order valence-corrected chi connectivity index (χ3v) is 6.02. The Hall–Kier alpha value is -2.79. The minimum absolute atomic E-state index is 0.0382. The number of phenolic OH excluding ortho intramolecular Hbond substituents is 1. The zero-order valence-electron chi connectivity index (χ0n) is 20.7. The van der Waals surface area contributed by atoms with Crippen molar-refractivity contribution in [2.24, 2.45) is 17.6 Å². The fraction of sp³-hybridized carbons (Fsp3) is 0.583. The maximum absolute atomic E-state index is 13.0. The molecule has 10 nitrogen and oxygen atoms in total. The van der Waals surface area contributed by atoms with Crippen LogP contribution in [-0.2, 0) is 25.6 Å². The lowest BCUT2D eigenvalue weighted by atomic mass is 9.97. The Kier molecular flexibility index (Phi) is 12.6. The van der Waals surface area contributed by atoms with Crippen LogP contribution >= 0.6 is 12.6 Å². The van der Waals surface area contributed by atoms with Crippen LogP contribution in [0.2, 0.25) is 0 Å². The van der Waals surface area contributed by atoms with Crippen LogP contribution in [0.3, 0.4) is 0 Å². The molecule has 1 rings (SSSR count). The fourth-order valence-electron chi connectivity index (χ4n) is 3.36. The first-order chi connectivity index (χ1) is 16.4. The summed E-state index contributed by atoms with van der Waals surface area (Å²) in [6.45, 7) is 7.33. The highest BCUT2D eigenvalue weighted by atomic mass is 32.1. The van der Waals surface area contributed by atoms with Crippen LogP contribution in [0.1, 0.15) is 46.1 Å². The Bertz CT molecular complexity index is 864. The van der Waals surface area contributed by atoms with Crippen molar-refractivity contribution in [3.63, 3.8) is 0 Å². The normalized spacial score (nSPS) is 15.4. The standard InChI is InChI=1S/C24H38N4O6S/c1-5-14(4)20(28-21(30)17(25)11-15-6-8-16(29)9-7-15)23(32)27-19(12-35)22(31)26-18(24(33)34)10-13(2)3/h6-9,13-14,17-20,29,35H,5,10-12,25H2,1-4H3,(H,26,31)(H,27,32)(H,28,30)(H,33,34). The number of carbonyl (C=O) groups is 4. The van der Waals surface area contributed by atoms with Crippen LogP contribution in [0.4, 0.5) is 0 Å². The number of thiol groups is 1. The van der Waals surface area contributed by atoms with Crippen molar-refractivity contribution in [2.45, 2.75) is 71.1 Å². The first-order valence-corrected chi connectivity index (χ1v) is 12.3. The summed E-state index contributed by atoms with van der Waals surface area (Å²) in [5, 5.41) is 26.5. The van der Waals surface area contributed by atoms with Crippen LogP contribution in [0.25, 0.3) is 0 Å². The van der Waals surface area contributed by atoms with E-state index in [1.807, 2.05) is 20.8 Å². The Morgan fingerprint density at radius 1 is 0.943 bits per heavy atom. The second-order valence-electron chi connectivity index (χ2n) is 9.12. The second-order valence-corrected chi connectivity index (χ2v) is 9.49. The molecule has 11 heteroatoms. The first-order valence-electron chi connectivity index (χ1n) is 11.7. The van der Waals surface area contributed by atoms with Gasteiger partial charge in [-0.25, -0.2) is 4.79 Å². The highest BCUT2D eigenvalue weighted by molar-refractivity contribution is 7.80. The van der Waals surface area contributed by atoms with Crippen molar-refractivity contribution in [1.82, 2.24) is 16.0 Å². The van der Waals surface area contributed by atoms with Gasteiger partial charge < -0.3 is 31.9 Å². The number of phenols is 1. The van der Waals surface area contributed by atoms with Crippen molar-refractivity contribution in [2.75, 3.05) is 5.75 Å². The van der Waals surface area contributed by atoms with Gasteiger partial charge in [-0.2, -0.15) is 12.6 Å². The Morgan fingerprint density at radius 2 is 1.51 bits per heavy atom. The topological polar surface area (TPSA) is 171 Å². The lowest BCUT2D eigenvalue weighted by Crippen LogP contribution is -2.59. The van der Waals surface area contributed by atoms with Crippen LogP contribution in [0, 0.1) is 11.8 Å². The van der Waals surface area contributed by atoms with Gasteiger partial charge in [-0.3, -0.25) is 14.4 Å². The molecule has 0 aliphatic heterocycles. The van der Waals surface area contributed by atoms with E-state index in [0.29, 0.717) is 6.42 Å². The monoisotopic (exact) mass is 510 g/mol. The van der Waals surface area contributed by atoms with Crippen molar-refractivity contribution >= 4 is 36.3 Å². The molecule has 1 aromatic rings. The SMILES string of the molecule is CCC(C)C(NC(=O)C(N)Cc1ccc(O)cc1)C(=O)NC(CS)C(=O)NC(CC(C)C)C(=O)O. The van der Waals surface area contributed by atoms with Crippen molar-refractivity contribution in [3.8, 4) is 5.75 Å². The predicted octanol–water partition coefficient (Wildman–Crippen LogP) is 0.823. The minimum atomic E-state index is -1.16. The number of rotatable bonds is 14. The summed E-state index contributed by atoms with van der Waals surface area (Å²) in [6.07, 6.45) is 1.01. The van der Waals surface area contributed by atoms with E-state index in [0.717, 1.165) is 5.56 Å². The van der Waals surface area contributed by atoms with E-state index < -0.39 is 47.9 Å². The third kappa shape index (κ3) is 10.2. The summed E-state index contributed by atoms with van der Waals surface area (Å²) >= 11 is 4.13. The fourth-order valence-corrected chi connectivity index (χ4v) is 3.62. The van der Waals surface area contributed by atoms with Gasteiger partial charge in [0.2, 0.25) is 17.7 Å². The molecule has 0 saturated heterocycles. The van der Waals surface area contributed by atoms with E-state index in [9.17, 15) is 29.4 Å². The van der Waals surface area contributed by atoms with Gasteiger partial charge in [-0.15, -0.1) is 0 Å². The Balaban J connectivity index is 2.87. The third-order valence-electron chi connectivity index (χ3n) is 5.66. The van der Waals surface area contributed by atoms with Crippen LogP contribution < -0.4 is 21.7 Å². The molecule has 196 valence electrons. The number of nitrogens with one attached hydrogen (secondary N) is 3. The van der Waals surface area contributed by atoms with E-state index in [1.165, 1.54) is 12.1 Å². The molecule has 35 heavy (non-hydrogen) atoms. The molecule has 0 fully saturated rings. The summed E-state index contributed by atoms with van der Waals surface area (Å²) in [5.41, 5.74) is 6.78. The van der Waals surface area contributed by atoms with Gasteiger partial charge in [0.25, 0.3) is 0 Å². The van der Waals surface area contributed by atoms with E-state index in [2.05, 4.69) is 28.6 Å². The molecule has 0 bridgehead atoms. The summed E-state index contributed by atoms with van der Waals surface area (Å²) < 4.78 is 0. The molecular formula is C24H38N4O6S. The summed E-state index contributed by atoms with van der Waals surface area (Å²) in [4.78, 5) is 49.9. The predicted molar refractivity (Wildman–Crippen MR) is 136 cm³/mol. The number of hydrogen-bond acceptors (Lipinski definition) is 7. The number of carboxylic acids is 1. The molecule has 0 aliphatic rings. The summed E-state index contributed by atoms with van der Waals surface area (Å²) in [5.74, 6) is -3.15. The first kappa shape index (κ1) is 30.2. The molecule has 5 atom stereocenters. The van der Waals surface area contributed by atoms with Gasteiger partial charge in [0.1, 0.15) is 23.9 Å². The van der Waals surface area contributed by atoms with Crippen molar-refractivity contribution in [1.29, 1.82) is 0 Å². The smallest absolute Gasteiger partial charge is 0.326 e. The highest BCUT2D eigenvalue weighted by Gasteiger charge is 2.32. The number of aliphatic carboxylic acids is 1. The van der Waals surface area contributed by atoms with Gasteiger partial charge in [0.05, 0.1) is 6.04 Å². The van der Waals surface area contributed by atoms with Gasteiger partial charge >= 0.3 is 5.97 Å². The molecule has 0 aliphatic carbocycles. The maximum Gasteiger partial charge on any atom is 0.326 e. The Morgan fingerprint density at radius 3 is 2.00 bits per heavy atom. The van der Waals surface area contributed by atoms with Crippen LogP contribution in [0.15, 0.2) is 24.3 Å². The quantitative estimate of drug-likeness (QED) is 0.182. The molecule has 0 spiro atoms. The zero-order chi connectivity index (χ0) is 26.7. The average molecular weight is 511 g/mol. The minimum Gasteiger partial charge on any atom is -0.508 e. The maximum atomic E-state index is 13.0.